The van der Waals surface area contributed by atoms with Crippen molar-refractivity contribution in [1.82, 2.24) is 31.5 Å². The molecule has 0 saturated carbocycles. The molecule has 20 heteroatoms. The number of alkyl halides is 4. The van der Waals surface area contributed by atoms with E-state index in [1.165, 1.54) is 0 Å². The van der Waals surface area contributed by atoms with Gasteiger partial charge in [0.25, 0.3) is 5.91 Å². The molecule has 280 valence electrons. The zero-order valence-electron chi connectivity index (χ0n) is 27.3. The Bertz CT molecular complexity index is 1100. The van der Waals surface area contributed by atoms with Gasteiger partial charge in [-0.05, 0) is 64.3 Å². The molecule has 0 heterocycles. The Morgan fingerprint density at radius 2 is 1.10 bits per heavy atom. The molecule has 9 N–H and O–H groups in total. The lowest BCUT2D eigenvalue weighted by Crippen LogP contribution is -2.60. The highest BCUT2D eigenvalue weighted by Crippen LogP contribution is 2.16. The van der Waals surface area contributed by atoms with Crippen molar-refractivity contribution in [2.45, 2.75) is 82.3 Å². The second kappa shape index (κ2) is 27.9. The van der Waals surface area contributed by atoms with Gasteiger partial charge in [-0.1, -0.05) is 0 Å². The number of rotatable bonds is 27. The van der Waals surface area contributed by atoms with Crippen LogP contribution in [-0.4, -0.2) is 120 Å². The molecule has 0 spiro atoms. The molecular formula is C29H48Cl4N8O8. The number of imide groups is 1. The van der Waals surface area contributed by atoms with Crippen molar-refractivity contribution >= 4 is 93.7 Å². The van der Waals surface area contributed by atoms with Gasteiger partial charge in [-0.25, -0.2) is 0 Å². The first-order valence-corrected chi connectivity index (χ1v) is 18.0. The summed E-state index contributed by atoms with van der Waals surface area (Å²) in [6.07, 6.45) is 2.13. The van der Waals surface area contributed by atoms with Crippen LogP contribution in [0.25, 0.3) is 0 Å². The smallest absolute Gasteiger partial charge is 0.252 e. The summed E-state index contributed by atoms with van der Waals surface area (Å²) in [6.45, 7) is 0.671. The fourth-order valence-corrected chi connectivity index (χ4v) is 4.89. The fourth-order valence-electron chi connectivity index (χ4n) is 4.50. The molecule has 0 rings (SSSR count). The highest BCUT2D eigenvalue weighted by Gasteiger charge is 2.39. The van der Waals surface area contributed by atoms with E-state index in [1.54, 1.807) is 0 Å². The van der Waals surface area contributed by atoms with Crippen LogP contribution < -0.4 is 38.1 Å². The Hall–Kier alpha value is -2.92. The first-order valence-electron chi connectivity index (χ1n) is 15.9. The van der Waals surface area contributed by atoms with Gasteiger partial charge in [-0.15, -0.1) is 46.4 Å². The number of nitrogens with two attached hydrogens (primary N) is 2. The van der Waals surface area contributed by atoms with Gasteiger partial charge in [0, 0.05) is 26.1 Å². The summed E-state index contributed by atoms with van der Waals surface area (Å²) in [7, 11) is 0. The van der Waals surface area contributed by atoms with Gasteiger partial charge >= 0.3 is 0 Å². The van der Waals surface area contributed by atoms with Crippen LogP contribution in [0.3, 0.4) is 0 Å². The zero-order chi connectivity index (χ0) is 37.2. The van der Waals surface area contributed by atoms with Crippen LogP contribution in [-0.2, 0) is 38.4 Å². The largest absolute Gasteiger partial charge is 0.370 e. The van der Waals surface area contributed by atoms with Crippen molar-refractivity contribution in [2.24, 2.45) is 11.5 Å². The lowest BCUT2D eigenvalue weighted by Gasteiger charge is -2.33. The van der Waals surface area contributed by atoms with E-state index in [0.29, 0.717) is 43.5 Å². The van der Waals surface area contributed by atoms with Crippen LogP contribution in [0.15, 0.2) is 0 Å². The van der Waals surface area contributed by atoms with Crippen molar-refractivity contribution < 1.29 is 38.4 Å². The predicted octanol–water partition coefficient (Wildman–Crippen LogP) is -0.671. The number of halogens is 4. The number of nitrogens with zero attached hydrogens (tertiary/aromatic N) is 1. The summed E-state index contributed by atoms with van der Waals surface area (Å²) in [6, 6.07) is -3.93. The standard InChI is InChI=1S/C29H48Cl4N8O8/c30-15-23(43)36-12-5-2-8-20(39-25(45)17-32)29(49)41(26(46)18-33)21(9-3-6-13-37-24(44)16-31)28(48)40-19(7-1-4-11-34)27(47)38-14-10-22(35)42/h19-21H,1-18,34H2,(H2,35,42)(H,36,43)(H,37,44)(H,38,47)(H,39,45)(H,40,48)/t19-,20-,21-/m0/s1. The van der Waals surface area contributed by atoms with Gasteiger partial charge in [0.15, 0.2) is 0 Å². The Morgan fingerprint density at radius 1 is 0.571 bits per heavy atom. The quantitative estimate of drug-likeness (QED) is 0.0412. The summed E-state index contributed by atoms with van der Waals surface area (Å²) >= 11 is 22.6. The normalized spacial score (nSPS) is 12.5. The van der Waals surface area contributed by atoms with E-state index < -0.39 is 71.2 Å². The van der Waals surface area contributed by atoms with Gasteiger partial charge in [0.1, 0.15) is 41.6 Å². The lowest BCUT2D eigenvalue weighted by atomic mass is 10.0. The highest BCUT2D eigenvalue weighted by atomic mass is 35.5. The average Bonchev–Trinajstić information content (AvgIpc) is 3.08. The van der Waals surface area contributed by atoms with Crippen LogP contribution in [0.5, 0.6) is 0 Å². The maximum atomic E-state index is 14.0. The third kappa shape index (κ3) is 20.4. The Balaban J connectivity index is 6.40. The summed E-state index contributed by atoms with van der Waals surface area (Å²) in [4.78, 5) is 101. The number of carbonyl (C=O) groups is 8. The molecule has 16 nitrogen and oxygen atoms in total. The summed E-state index contributed by atoms with van der Waals surface area (Å²) < 4.78 is 0. The Morgan fingerprint density at radius 3 is 1.61 bits per heavy atom. The Kier molecular flexibility index (Phi) is 26.2. The second-order valence-electron chi connectivity index (χ2n) is 10.8. The number of nitrogens with one attached hydrogen (secondary N) is 5. The van der Waals surface area contributed by atoms with E-state index >= 15 is 0 Å². The summed E-state index contributed by atoms with van der Waals surface area (Å²) in [5.41, 5.74) is 10.8. The lowest BCUT2D eigenvalue weighted by molar-refractivity contribution is -0.153. The van der Waals surface area contributed by atoms with E-state index in [2.05, 4.69) is 26.6 Å². The molecule has 0 aromatic carbocycles. The van der Waals surface area contributed by atoms with E-state index in [9.17, 15) is 38.4 Å². The highest BCUT2D eigenvalue weighted by molar-refractivity contribution is 6.29. The molecule has 0 aliphatic carbocycles. The van der Waals surface area contributed by atoms with Crippen LogP contribution in [0.4, 0.5) is 0 Å². The van der Waals surface area contributed by atoms with E-state index in [4.69, 9.17) is 57.9 Å². The number of hydrogen-bond donors (Lipinski definition) is 7. The molecule has 0 bridgehead atoms. The van der Waals surface area contributed by atoms with Gasteiger partial charge < -0.3 is 38.1 Å². The SMILES string of the molecule is NCCCC[C@H](NC(=O)[C@H](CCCCNC(=O)CCl)N(C(=O)CCl)C(=O)[C@H](CCCCNC(=O)CCl)NC(=O)CCl)C(=O)NCCC(N)=O. The monoisotopic (exact) mass is 776 g/mol. The molecule has 0 aliphatic heterocycles. The molecule has 8 amide bonds. The van der Waals surface area contributed by atoms with Crippen molar-refractivity contribution in [3.63, 3.8) is 0 Å². The first-order chi connectivity index (χ1) is 23.4. The van der Waals surface area contributed by atoms with Crippen LogP contribution >= 0.6 is 46.4 Å². The van der Waals surface area contributed by atoms with E-state index in [-0.39, 0.29) is 69.4 Å². The number of carbonyl (C=O) groups excluding carboxylic acids is 8. The van der Waals surface area contributed by atoms with Crippen molar-refractivity contribution in [3.05, 3.63) is 0 Å². The second-order valence-corrected chi connectivity index (χ2v) is 11.9. The van der Waals surface area contributed by atoms with Crippen LogP contribution in [0.2, 0.25) is 0 Å². The number of hydrogen-bond acceptors (Lipinski definition) is 9. The average molecular weight is 779 g/mol. The van der Waals surface area contributed by atoms with E-state index in [0.717, 1.165) is 0 Å². The minimum absolute atomic E-state index is 0.00700. The first kappa shape index (κ1) is 46.1. The molecular weight excluding hydrogens is 730 g/mol. The third-order valence-corrected chi connectivity index (χ3v) is 7.91. The topological polar surface area (TPSA) is 252 Å². The van der Waals surface area contributed by atoms with Gasteiger partial charge in [-0.2, -0.15) is 0 Å². The molecule has 0 aliphatic rings. The summed E-state index contributed by atoms with van der Waals surface area (Å²) in [5, 5.41) is 12.8. The number of primary amides is 1. The molecule has 0 aromatic rings. The van der Waals surface area contributed by atoms with Crippen molar-refractivity contribution in [2.75, 3.05) is 49.7 Å². The van der Waals surface area contributed by atoms with Crippen molar-refractivity contribution in [3.8, 4) is 0 Å². The molecule has 0 unspecified atom stereocenters. The molecule has 0 saturated heterocycles. The zero-order valence-corrected chi connectivity index (χ0v) is 30.4. The minimum Gasteiger partial charge on any atom is -0.370 e. The van der Waals surface area contributed by atoms with Gasteiger partial charge in [0.05, 0.1) is 0 Å². The van der Waals surface area contributed by atoms with Crippen molar-refractivity contribution in [1.29, 1.82) is 0 Å². The maximum absolute atomic E-state index is 14.0. The fraction of sp³-hybridized carbons (Fsp3) is 0.724. The maximum Gasteiger partial charge on any atom is 0.252 e. The number of unbranched alkanes of at least 4 members (excludes halogenated alkanes) is 3. The molecule has 49 heavy (non-hydrogen) atoms. The predicted molar refractivity (Wildman–Crippen MR) is 186 cm³/mol. The van der Waals surface area contributed by atoms with E-state index in [1.807, 2.05) is 0 Å². The third-order valence-electron chi connectivity index (χ3n) is 6.95. The number of amides is 8. The van der Waals surface area contributed by atoms with Crippen LogP contribution in [0, 0.1) is 0 Å². The van der Waals surface area contributed by atoms with Gasteiger partial charge in [-0.3, -0.25) is 43.3 Å². The molecule has 0 aromatic heterocycles. The van der Waals surface area contributed by atoms with Gasteiger partial charge in [0.2, 0.25) is 41.4 Å². The van der Waals surface area contributed by atoms with Crippen LogP contribution in [0.1, 0.15) is 64.2 Å². The molecule has 0 radical (unpaired) electrons. The minimum atomic E-state index is -1.49. The molecule has 0 fully saturated rings. The summed E-state index contributed by atoms with van der Waals surface area (Å²) in [5.74, 6) is -7.17. The Labute approximate surface area is 306 Å². The molecule has 3 atom stereocenters.